The van der Waals surface area contributed by atoms with Crippen molar-refractivity contribution in [2.24, 2.45) is 0 Å². The van der Waals surface area contributed by atoms with Gasteiger partial charge in [0.1, 0.15) is 12.1 Å². The molecule has 0 fully saturated rings. The van der Waals surface area contributed by atoms with E-state index in [-0.39, 0.29) is 18.3 Å². The summed E-state index contributed by atoms with van der Waals surface area (Å²) in [6.07, 6.45) is 3.64. The zero-order chi connectivity index (χ0) is 25.5. The number of rotatable bonds is 10. The molecule has 4 rings (SSSR count). The van der Waals surface area contributed by atoms with E-state index in [4.69, 9.17) is 16.0 Å². The second-order valence-corrected chi connectivity index (χ2v) is 8.63. The minimum atomic E-state index is -0.376. The van der Waals surface area contributed by atoms with Crippen LogP contribution in [-0.4, -0.2) is 29.2 Å². The first-order valence-corrected chi connectivity index (χ1v) is 11.5. The van der Waals surface area contributed by atoms with E-state index in [1.807, 2.05) is 36.2 Å². The minimum absolute atomic E-state index is 0.279. The van der Waals surface area contributed by atoms with E-state index in [1.54, 1.807) is 36.5 Å². The maximum absolute atomic E-state index is 14.2. The van der Waals surface area contributed by atoms with Gasteiger partial charge in [-0.3, -0.25) is 14.5 Å². The van der Waals surface area contributed by atoms with Crippen LogP contribution in [-0.2, 0) is 24.4 Å². The summed E-state index contributed by atoms with van der Waals surface area (Å²) in [6.45, 7) is 0.981. The van der Waals surface area contributed by atoms with Crippen LogP contribution in [0.15, 0.2) is 77.5 Å². The topological polar surface area (TPSA) is 87.5 Å². The molecule has 0 saturated carbocycles. The van der Waals surface area contributed by atoms with Crippen molar-refractivity contribution >= 4 is 29.6 Å². The number of hydrogen-bond acceptors (Lipinski definition) is 5. The van der Waals surface area contributed by atoms with Crippen LogP contribution in [0.25, 0.3) is 11.5 Å². The van der Waals surface area contributed by atoms with Crippen LogP contribution in [0.5, 0.6) is 0 Å². The summed E-state index contributed by atoms with van der Waals surface area (Å²) in [5, 5.41) is 5.90. The predicted molar refractivity (Wildman–Crippen MR) is 136 cm³/mol. The summed E-state index contributed by atoms with van der Waals surface area (Å²) in [7, 11) is 1.82. The highest BCUT2D eigenvalue weighted by Gasteiger charge is 2.14. The largest absolute Gasteiger partial charge is 0.445 e. The third-order valence-corrected chi connectivity index (χ3v) is 5.93. The first-order valence-electron chi connectivity index (χ1n) is 11.2. The molecule has 1 heterocycles. The fraction of sp³-hybridized carbons (Fsp3) is 0.148. The Morgan fingerprint density at radius 1 is 1.14 bits per heavy atom. The van der Waals surface area contributed by atoms with E-state index in [9.17, 15) is 14.0 Å². The second kappa shape index (κ2) is 11.6. The Morgan fingerprint density at radius 3 is 2.72 bits per heavy atom. The van der Waals surface area contributed by atoms with Gasteiger partial charge in [-0.1, -0.05) is 35.9 Å². The van der Waals surface area contributed by atoms with Gasteiger partial charge < -0.3 is 15.1 Å². The Morgan fingerprint density at radius 2 is 1.97 bits per heavy atom. The third-order valence-electron chi connectivity index (χ3n) is 5.58. The van der Waals surface area contributed by atoms with Gasteiger partial charge in [-0.15, -0.1) is 0 Å². The lowest BCUT2D eigenvalue weighted by molar-refractivity contribution is -0.105. The predicted octanol–water partition coefficient (Wildman–Crippen LogP) is 5.26. The van der Waals surface area contributed by atoms with Gasteiger partial charge in [0.2, 0.25) is 12.3 Å². The van der Waals surface area contributed by atoms with Crippen molar-refractivity contribution in [3.63, 3.8) is 0 Å². The van der Waals surface area contributed by atoms with Crippen molar-refractivity contribution in [2.75, 3.05) is 12.4 Å². The second-order valence-electron chi connectivity index (χ2n) is 8.23. The fourth-order valence-corrected chi connectivity index (χ4v) is 4.04. The smallest absolute Gasteiger partial charge is 0.251 e. The van der Waals surface area contributed by atoms with E-state index < -0.39 is 0 Å². The van der Waals surface area contributed by atoms with Crippen LogP contribution >= 0.6 is 11.6 Å². The molecule has 0 aliphatic rings. The Kier molecular flexibility index (Phi) is 8.10. The molecule has 0 bridgehead atoms. The molecule has 0 aliphatic carbocycles. The zero-order valence-electron chi connectivity index (χ0n) is 19.5. The van der Waals surface area contributed by atoms with Crippen molar-refractivity contribution in [1.82, 2.24) is 15.2 Å². The van der Waals surface area contributed by atoms with Gasteiger partial charge >= 0.3 is 0 Å². The van der Waals surface area contributed by atoms with E-state index in [1.165, 1.54) is 12.3 Å². The van der Waals surface area contributed by atoms with E-state index >= 15 is 0 Å². The maximum atomic E-state index is 14.2. The summed E-state index contributed by atoms with van der Waals surface area (Å²) in [4.78, 5) is 30.0. The molecule has 4 aromatic rings. The number of oxazole rings is 1. The SMILES string of the molecule is CN(Cc1ccc(C(=O)NCc2cccc(-c3ncco3)c2)cc1NC=O)Cc1c(F)cccc1Cl. The lowest BCUT2D eigenvalue weighted by atomic mass is 10.1. The quantitative estimate of drug-likeness (QED) is 0.286. The van der Waals surface area contributed by atoms with Crippen LogP contribution in [0.1, 0.15) is 27.0 Å². The first kappa shape index (κ1) is 25.1. The van der Waals surface area contributed by atoms with Crippen molar-refractivity contribution in [1.29, 1.82) is 0 Å². The molecule has 2 N–H and O–H groups in total. The number of carbonyl (C=O) groups is 2. The van der Waals surface area contributed by atoms with Gasteiger partial charge in [-0.2, -0.15) is 0 Å². The zero-order valence-corrected chi connectivity index (χ0v) is 20.3. The van der Waals surface area contributed by atoms with Crippen molar-refractivity contribution in [3.8, 4) is 11.5 Å². The number of anilines is 1. The average Bonchev–Trinajstić information content (AvgIpc) is 3.41. The molecule has 7 nitrogen and oxygen atoms in total. The molecule has 0 saturated heterocycles. The van der Waals surface area contributed by atoms with Gasteiger partial charge in [-0.25, -0.2) is 9.37 Å². The number of nitrogens with one attached hydrogen (secondary N) is 2. The molecule has 0 spiro atoms. The van der Waals surface area contributed by atoms with Crippen LogP contribution in [0.3, 0.4) is 0 Å². The molecule has 0 atom stereocenters. The Labute approximate surface area is 212 Å². The third kappa shape index (κ3) is 6.16. The first-order chi connectivity index (χ1) is 17.4. The molecular weight excluding hydrogens is 483 g/mol. The molecule has 0 radical (unpaired) electrons. The lowest BCUT2D eigenvalue weighted by Crippen LogP contribution is -2.23. The van der Waals surface area contributed by atoms with Crippen LogP contribution in [0.2, 0.25) is 5.02 Å². The number of amides is 2. The minimum Gasteiger partial charge on any atom is -0.445 e. The molecular formula is C27H24ClFN4O3. The van der Waals surface area contributed by atoms with Crippen molar-refractivity contribution in [2.45, 2.75) is 19.6 Å². The van der Waals surface area contributed by atoms with Crippen LogP contribution in [0, 0.1) is 5.82 Å². The molecule has 9 heteroatoms. The highest BCUT2D eigenvalue weighted by atomic mass is 35.5. The summed E-state index contributed by atoms with van der Waals surface area (Å²) < 4.78 is 19.5. The number of aromatic nitrogens is 1. The summed E-state index contributed by atoms with van der Waals surface area (Å²) in [5.41, 5.74) is 3.76. The van der Waals surface area contributed by atoms with Crippen molar-refractivity contribution < 1.29 is 18.4 Å². The normalized spacial score (nSPS) is 10.9. The molecule has 2 amide bonds. The average molecular weight is 507 g/mol. The molecule has 184 valence electrons. The summed E-state index contributed by atoms with van der Waals surface area (Å²) in [5.74, 6) is -0.160. The number of nitrogens with zero attached hydrogens (tertiary/aromatic N) is 2. The van der Waals surface area contributed by atoms with Crippen LogP contribution < -0.4 is 10.6 Å². The van der Waals surface area contributed by atoms with E-state index in [0.717, 1.165) is 16.7 Å². The highest BCUT2D eigenvalue weighted by molar-refractivity contribution is 6.31. The fourth-order valence-electron chi connectivity index (χ4n) is 3.82. The van der Waals surface area contributed by atoms with Crippen molar-refractivity contribution in [3.05, 3.63) is 106 Å². The van der Waals surface area contributed by atoms with E-state index in [0.29, 0.717) is 47.2 Å². The summed E-state index contributed by atoms with van der Waals surface area (Å²) in [6, 6.07) is 17.2. The molecule has 0 unspecified atom stereocenters. The summed E-state index contributed by atoms with van der Waals surface area (Å²) >= 11 is 6.14. The van der Waals surface area contributed by atoms with Gasteiger partial charge in [0.15, 0.2) is 0 Å². The maximum Gasteiger partial charge on any atom is 0.251 e. The van der Waals surface area contributed by atoms with Gasteiger partial charge in [0, 0.05) is 47.0 Å². The number of benzene rings is 3. The molecule has 36 heavy (non-hydrogen) atoms. The van der Waals surface area contributed by atoms with Gasteiger partial charge in [0.05, 0.1) is 6.20 Å². The Balaban J connectivity index is 1.43. The molecule has 0 aliphatic heterocycles. The number of carbonyl (C=O) groups excluding carboxylic acids is 2. The van der Waals surface area contributed by atoms with E-state index in [2.05, 4.69) is 15.6 Å². The molecule has 1 aromatic heterocycles. The van der Waals surface area contributed by atoms with Gasteiger partial charge in [0.25, 0.3) is 5.91 Å². The Bertz CT molecular complexity index is 1340. The molecule has 3 aromatic carbocycles. The number of hydrogen-bond donors (Lipinski definition) is 2. The van der Waals surface area contributed by atoms with Gasteiger partial charge in [-0.05, 0) is 54.6 Å². The standard InChI is InChI=1S/C27H24ClFN4O3/c1-33(16-22-23(28)6-3-7-24(22)29)15-21-9-8-19(13-25(21)32-17-34)26(35)31-14-18-4-2-5-20(12-18)27-30-10-11-36-27/h2-13,17H,14-16H2,1H3,(H,31,35)(H,32,34). The Hall–Kier alpha value is -4.01. The highest BCUT2D eigenvalue weighted by Crippen LogP contribution is 2.24. The number of halogens is 2. The monoisotopic (exact) mass is 506 g/mol. The van der Waals surface area contributed by atoms with Crippen LogP contribution in [0.4, 0.5) is 10.1 Å². The lowest BCUT2D eigenvalue weighted by Gasteiger charge is -2.20.